The Balaban J connectivity index is 1.70. The van der Waals surface area contributed by atoms with Crippen LogP contribution in [0.3, 0.4) is 0 Å². The lowest BCUT2D eigenvalue weighted by atomic mass is 10.0. The first-order valence-corrected chi connectivity index (χ1v) is 14.6. The molecule has 1 aliphatic rings. The SMILES string of the molecule is O=C(O)CC(NC(=O)C1N(C(=O)Cc2cccs2)CCN1S(=O)(=O)c1ccc(Cl)c(Cl)c1)c1ccc(F)cc1. The van der Waals surface area contributed by atoms with E-state index in [0.717, 1.165) is 32.3 Å². The molecule has 206 valence electrons. The Morgan fingerprint density at radius 2 is 1.79 bits per heavy atom. The number of aliphatic carboxylic acids is 1. The van der Waals surface area contributed by atoms with Crippen molar-refractivity contribution in [1.29, 1.82) is 0 Å². The van der Waals surface area contributed by atoms with Crippen molar-refractivity contribution in [2.24, 2.45) is 0 Å². The van der Waals surface area contributed by atoms with Gasteiger partial charge in [0, 0.05) is 18.0 Å². The van der Waals surface area contributed by atoms with Crippen molar-refractivity contribution in [3.05, 3.63) is 86.3 Å². The molecule has 0 saturated carbocycles. The van der Waals surface area contributed by atoms with Crippen LogP contribution in [-0.4, -0.2) is 59.8 Å². The molecular formula is C25H22Cl2FN3O6S2. The highest BCUT2D eigenvalue weighted by molar-refractivity contribution is 7.89. The quantitative estimate of drug-likeness (QED) is 0.377. The predicted molar refractivity (Wildman–Crippen MR) is 143 cm³/mol. The molecule has 1 aromatic heterocycles. The van der Waals surface area contributed by atoms with Crippen molar-refractivity contribution in [3.8, 4) is 0 Å². The molecule has 1 saturated heterocycles. The number of nitrogens with one attached hydrogen (secondary N) is 1. The summed E-state index contributed by atoms with van der Waals surface area (Å²) in [4.78, 5) is 40.1. The Morgan fingerprint density at radius 1 is 1.08 bits per heavy atom. The van der Waals surface area contributed by atoms with Crippen molar-refractivity contribution in [2.75, 3.05) is 13.1 Å². The topological polar surface area (TPSA) is 124 Å². The highest BCUT2D eigenvalue weighted by Gasteiger charge is 2.47. The number of halogens is 3. The summed E-state index contributed by atoms with van der Waals surface area (Å²) < 4.78 is 41.6. The summed E-state index contributed by atoms with van der Waals surface area (Å²) in [5.74, 6) is -3.20. The van der Waals surface area contributed by atoms with Crippen LogP contribution in [0.5, 0.6) is 0 Å². The number of benzene rings is 2. The fourth-order valence-electron chi connectivity index (χ4n) is 4.20. The van der Waals surface area contributed by atoms with Gasteiger partial charge in [-0.15, -0.1) is 11.3 Å². The maximum atomic E-state index is 13.7. The van der Waals surface area contributed by atoms with Gasteiger partial charge in [0.1, 0.15) is 5.82 Å². The van der Waals surface area contributed by atoms with Gasteiger partial charge < -0.3 is 15.3 Å². The molecule has 2 N–H and O–H groups in total. The van der Waals surface area contributed by atoms with Crippen LogP contribution < -0.4 is 5.32 Å². The molecule has 3 aromatic rings. The van der Waals surface area contributed by atoms with Gasteiger partial charge in [-0.25, -0.2) is 12.8 Å². The van der Waals surface area contributed by atoms with Crippen molar-refractivity contribution >= 4 is 62.3 Å². The van der Waals surface area contributed by atoms with Crippen LogP contribution in [0.15, 0.2) is 64.9 Å². The Bertz CT molecular complexity index is 1490. The molecule has 2 atom stereocenters. The Morgan fingerprint density at radius 3 is 2.41 bits per heavy atom. The van der Waals surface area contributed by atoms with Crippen molar-refractivity contribution in [3.63, 3.8) is 0 Å². The number of amides is 2. The van der Waals surface area contributed by atoms with Gasteiger partial charge in [-0.1, -0.05) is 41.4 Å². The molecule has 9 nitrogen and oxygen atoms in total. The zero-order valence-corrected chi connectivity index (χ0v) is 23.2. The highest BCUT2D eigenvalue weighted by Crippen LogP contribution is 2.31. The average molecular weight is 615 g/mol. The number of carboxylic acids is 1. The molecule has 2 aromatic carbocycles. The molecular weight excluding hydrogens is 592 g/mol. The third-order valence-electron chi connectivity index (χ3n) is 6.05. The molecule has 2 unspecified atom stereocenters. The normalized spacial score (nSPS) is 16.7. The number of rotatable bonds is 9. The number of thiophene rings is 1. The number of nitrogens with zero attached hydrogens (tertiary/aromatic N) is 2. The number of carbonyl (C=O) groups is 3. The number of carbonyl (C=O) groups excluding carboxylic acids is 2. The van der Waals surface area contributed by atoms with E-state index >= 15 is 0 Å². The van der Waals surface area contributed by atoms with Crippen LogP contribution in [0.2, 0.25) is 10.0 Å². The maximum absolute atomic E-state index is 13.7. The summed E-state index contributed by atoms with van der Waals surface area (Å²) in [7, 11) is -4.36. The molecule has 0 radical (unpaired) electrons. The van der Waals surface area contributed by atoms with Gasteiger partial charge in [0.2, 0.25) is 15.9 Å². The Labute approximate surface area is 237 Å². The minimum atomic E-state index is -4.36. The molecule has 1 aliphatic heterocycles. The zero-order chi connectivity index (χ0) is 28.3. The minimum Gasteiger partial charge on any atom is -0.481 e. The van der Waals surface area contributed by atoms with E-state index in [-0.39, 0.29) is 34.5 Å². The van der Waals surface area contributed by atoms with Gasteiger partial charge in [0.25, 0.3) is 5.91 Å². The smallest absolute Gasteiger partial charge is 0.305 e. The van der Waals surface area contributed by atoms with E-state index in [1.807, 2.05) is 0 Å². The van der Waals surface area contributed by atoms with E-state index in [2.05, 4.69) is 5.32 Å². The summed E-state index contributed by atoms with van der Waals surface area (Å²) in [5, 5.41) is 13.9. The molecule has 4 rings (SSSR count). The van der Waals surface area contributed by atoms with E-state index in [4.69, 9.17) is 23.2 Å². The fraction of sp³-hybridized carbons (Fsp3) is 0.240. The van der Waals surface area contributed by atoms with E-state index < -0.39 is 52.3 Å². The minimum absolute atomic E-state index is 0.0126. The lowest BCUT2D eigenvalue weighted by Crippen LogP contribution is -2.54. The highest BCUT2D eigenvalue weighted by atomic mass is 35.5. The van der Waals surface area contributed by atoms with Crippen molar-refractivity contribution in [1.82, 2.24) is 14.5 Å². The average Bonchev–Trinajstić information content (AvgIpc) is 3.56. The molecule has 14 heteroatoms. The second-order valence-electron chi connectivity index (χ2n) is 8.62. The number of sulfonamides is 1. The summed E-state index contributed by atoms with van der Waals surface area (Å²) in [6, 6.07) is 10.9. The Hall–Kier alpha value is -3.03. The van der Waals surface area contributed by atoms with Crippen molar-refractivity contribution in [2.45, 2.75) is 29.9 Å². The lowest BCUT2D eigenvalue weighted by molar-refractivity contribution is -0.141. The van der Waals surface area contributed by atoms with Crippen LogP contribution in [-0.2, 0) is 30.8 Å². The van der Waals surface area contributed by atoms with Crippen LogP contribution in [0.25, 0.3) is 0 Å². The van der Waals surface area contributed by atoms with Gasteiger partial charge in [-0.3, -0.25) is 14.4 Å². The maximum Gasteiger partial charge on any atom is 0.305 e. The molecule has 2 amide bonds. The van der Waals surface area contributed by atoms with Gasteiger partial charge in [-0.2, -0.15) is 4.31 Å². The Kier molecular flexibility index (Phi) is 8.92. The molecule has 0 bridgehead atoms. The van der Waals surface area contributed by atoms with Gasteiger partial charge in [-0.05, 0) is 47.3 Å². The van der Waals surface area contributed by atoms with E-state index in [1.54, 1.807) is 17.5 Å². The fourth-order valence-corrected chi connectivity index (χ4v) is 6.83. The summed E-state index contributed by atoms with van der Waals surface area (Å²) in [6.45, 7) is -0.278. The van der Waals surface area contributed by atoms with E-state index in [0.29, 0.717) is 5.56 Å². The summed E-state index contributed by atoms with van der Waals surface area (Å²) in [6.07, 6.45) is -2.24. The number of hydrogen-bond acceptors (Lipinski definition) is 6. The largest absolute Gasteiger partial charge is 0.481 e. The van der Waals surface area contributed by atoms with Crippen LogP contribution in [0.4, 0.5) is 4.39 Å². The first-order chi connectivity index (χ1) is 18.5. The second-order valence-corrected chi connectivity index (χ2v) is 12.4. The van der Waals surface area contributed by atoms with Gasteiger partial charge in [0.15, 0.2) is 6.17 Å². The molecule has 39 heavy (non-hydrogen) atoms. The molecule has 2 heterocycles. The predicted octanol–water partition coefficient (Wildman–Crippen LogP) is 3.93. The van der Waals surface area contributed by atoms with E-state index in [1.165, 1.54) is 35.6 Å². The van der Waals surface area contributed by atoms with E-state index in [9.17, 15) is 32.3 Å². The monoisotopic (exact) mass is 613 g/mol. The molecule has 0 spiro atoms. The zero-order valence-electron chi connectivity index (χ0n) is 20.1. The van der Waals surface area contributed by atoms with Gasteiger partial charge >= 0.3 is 5.97 Å². The molecule has 0 aliphatic carbocycles. The van der Waals surface area contributed by atoms with Crippen LogP contribution in [0, 0.1) is 5.82 Å². The number of hydrogen-bond donors (Lipinski definition) is 2. The third kappa shape index (κ3) is 6.59. The standard InChI is InChI=1S/C25H22Cl2FN3O6S2/c26-19-8-7-18(13-20(19)27)39(36,37)31-10-9-30(22(32)12-17-2-1-11-38-17)25(31)24(35)29-21(14-23(33)34)15-3-5-16(28)6-4-15/h1-8,11,13,21,25H,9-10,12,14H2,(H,29,35)(H,33,34). The second kappa shape index (κ2) is 12.0. The molecule has 1 fully saturated rings. The lowest BCUT2D eigenvalue weighted by Gasteiger charge is -2.30. The summed E-state index contributed by atoms with van der Waals surface area (Å²) in [5.41, 5.74) is 0.292. The first kappa shape index (κ1) is 29.0. The van der Waals surface area contributed by atoms with Crippen LogP contribution in [0.1, 0.15) is 22.9 Å². The van der Waals surface area contributed by atoms with Gasteiger partial charge in [0.05, 0.1) is 33.8 Å². The van der Waals surface area contributed by atoms with Crippen molar-refractivity contribution < 1.29 is 32.3 Å². The number of carboxylic acid groups (broad SMARTS) is 1. The van der Waals surface area contributed by atoms with Crippen LogP contribution >= 0.6 is 34.5 Å². The first-order valence-electron chi connectivity index (χ1n) is 11.5. The summed E-state index contributed by atoms with van der Waals surface area (Å²) >= 11 is 13.3. The third-order valence-corrected chi connectivity index (χ3v) is 9.52.